The maximum atomic E-state index is 15.0. The number of likely N-dealkylation sites (tertiary alicyclic amines) is 1. The van der Waals surface area contributed by atoms with Gasteiger partial charge in [-0.15, -0.1) is 0 Å². The van der Waals surface area contributed by atoms with Gasteiger partial charge in [0.25, 0.3) is 0 Å². The number of carbonyl (C=O) groups excluding carboxylic acids is 2. The Labute approximate surface area is 288 Å². The third kappa shape index (κ3) is 6.29. The van der Waals surface area contributed by atoms with Crippen molar-refractivity contribution in [3.8, 4) is 0 Å². The van der Waals surface area contributed by atoms with Crippen LogP contribution in [0.5, 0.6) is 0 Å². The Morgan fingerprint density at radius 2 is 0.980 bits per heavy atom. The average molecular weight is 643 g/mol. The molecule has 0 unspecified atom stereocenters. The Bertz CT molecular complexity index is 1860. The molecule has 5 nitrogen and oxygen atoms in total. The molecule has 6 aromatic carbocycles. The normalized spacial score (nSPS) is 15.8. The number of nitrogens with zero attached hydrogens (tertiary/aromatic N) is 2. The minimum absolute atomic E-state index is 0.180. The molecular weight excluding hydrogens is 604 g/mol. The lowest BCUT2D eigenvalue weighted by Gasteiger charge is -2.57. The lowest BCUT2D eigenvalue weighted by atomic mass is 9.70. The molecule has 0 aliphatic carbocycles. The first kappa shape index (κ1) is 31.8. The molecule has 0 saturated carbocycles. The van der Waals surface area contributed by atoms with Crippen molar-refractivity contribution in [2.24, 2.45) is 5.92 Å². The second kappa shape index (κ2) is 14.5. The number of para-hydroxylation sites is 1. The van der Waals surface area contributed by atoms with Crippen molar-refractivity contribution in [3.63, 3.8) is 0 Å². The second-order valence-corrected chi connectivity index (χ2v) is 12.3. The van der Waals surface area contributed by atoms with Gasteiger partial charge in [0.1, 0.15) is 11.5 Å². The molecule has 2 amide bonds. The van der Waals surface area contributed by atoms with Gasteiger partial charge >= 0.3 is 0 Å². The number of amides is 2. The maximum absolute atomic E-state index is 15.0. The van der Waals surface area contributed by atoms with Crippen LogP contribution in [0.15, 0.2) is 182 Å². The number of β-lactam (4-membered cyclic amide) rings is 1. The third-order valence-electron chi connectivity index (χ3n) is 9.34. The van der Waals surface area contributed by atoms with Gasteiger partial charge in [0.2, 0.25) is 11.8 Å². The van der Waals surface area contributed by atoms with Gasteiger partial charge in [0, 0.05) is 5.69 Å². The highest BCUT2D eigenvalue weighted by molar-refractivity contribution is 6.12. The van der Waals surface area contributed by atoms with Crippen LogP contribution in [0.2, 0.25) is 0 Å². The fourth-order valence-electron chi connectivity index (χ4n) is 7.07. The molecule has 1 fully saturated rings. The first-order chi connectivity index (χ1) is 24.2. The molecule has 0 radical (unpaired) electrons. The number of benzene rings is 6. The Morgan fingerprint density at radius 3 is 1.45 bits per heavy atom. The lowest BCUT2D eigenvalue weighted by molar-refractivity contribution is -0.174. The van der Waals surface area contributed by atoms with E-state index in [2.05, 4.69) is 36.4 Å². The van der Waals surface area contributed by atoms with Crippen LogP contribution in [0.25, 0.3) is 0 Å². The molecule has 0 N–H and O–H groups in total. The van der Waals surface area contributed by atoms with Crippen molar-refractivity contribution in [1.29, 1.82) is 0 Å². The summed E-state index contributed by atoms with van der Waals surface area (Å²) < 4.78 is 6.42. The summed E-state index contributed by atoms with van der Waals surface area (Å²) in [5.41, 5.74) is 4.53. The number of hydrogen-bond donors (Lipinski definition) is 0. The molecule has 1 heterocycles. The molecule has 1 saturated heterocycles. The van der Waals surface area contributed by atoms with E-state index in [4.69, 9.17) is 4.74 Å². The smallest absolute Gasteiger partial charge is 0.242 e. The Balaban J connectivity index is 1.35. The van der Waals surface area contributed by atoms with Gasteiger partial charge < -0.3 is 14.5 Å². The molecule has 0 spiro atoms. The summed E-state index contributed by atoms with van der Waals surface area (Å²) in [6.07, 6.45) is 0. The minimum Gasteiger partial charge on any atom is -0.375 e. The fraction of sp³-hybridized carbons (Fsp3) is 0.136. The molecule has 0 aromatic heterocycles. The van der Waals surface area contributed by atoms with Crippen LogP contribution >= 0.6 is 0 Å². The highest BCUT2D eigenvalue weighted by atomic mass is 16.5. The van der Waals surface area contributed by atoms with Gasteiger partial charge in [-0.1, -0.05) is 170 Å². The van der Waals surface area contributed by atoms with Crippen molar-refractivity contribution in [1.82, 2.24) is 4.90 Å². The predicted molar refractivity (Wildman–Crippen MR) is 194 cm³/mol. The maximum Gasteiger partial charge on any atom is 0.242 e. The number of rotatable bonds is 12. The molecule has 5 heteroatoms. The summed E-state index contributed by atoms with van der Waals surface area (Å²) in [5, 5.41) is 0. The van der Waals surface area contributed by atoms with Gasteiger partial charge in [-0.25, -0.2) is 0 Å². The van der Waals surface area contributed by atoms with Gasteiger partial charge in [0.15, 0.2) is 0 Å². The Morgan fingerprint density at radius 1 is 0.571 bits per heavy atom. The fourth-order valence-corrected chi connectivity index (χ4v) is 7.07. The number of carbonyl (C=O) groups is 2. The molecular formula is C44H38N2O3. The Hall–Kier alpha value is -5.78. The van der Waals surface area contributed by atoms with Gasteiger partial charge in [0.05, 0.1) is 25.8 Å². The van der Waals surface area contributed by atoms with Crippen LogP contribution in [-0.2, 0) is 33.0 Å². The molecule has 2 atom stereocenters. The first-order valence-electron chi connectivity index (χ1n) is 16.7. The molecule has 6 aromatic rings. The van der Waals surface area contributed by atoms with Crippen LogP contribution in [0, 0.1) is 5.92 Å². The predicted octanol–water partition coefficient (Wildman–Crippen LogP) is 8.26. The number of hydrogen-bond acceptors (Lipinski definition) is 3. The lowest BCUT2D eigenvalue weighted by Crippen LogP contribution is -2.73. The van der Waals surface area contributed by atoms with Crippen LogP contribution in [-0.4, -0.2) is 29.4 Å². The summed E-state index contributed by atoms with van der Waals surface area (Å²) in [5.74, 6) is -1.42. The first-order valence-corrected chi connectivity index (χ1v) is 16.7. The van der Waals surface area contributed by atoms with E-state index in [1.165, 1.54) is 0 Å². The van der Waals surface area contributed by atoms with Crippen molar-refractivity contribution in [3.05, 3.63) is 210 Å². The van der Waals surface area contributed by atoms with E-state index in [0.717, 1.165) is 33.5 Å². The standard InChI is InChI=1S/C44H38N2O3/c47-42(45(39-29-17-6-18-30-39)31-34-19-7-1-8-20-34)41-40(33-49-32-35-21-9-2-10-22-35)46(43(41)48)44(36-23-11-3-12-24-36,37-25-13-4-14-26-37)38-27-15-5-16-28-38/h1-30,40-41H,31-33H2/t40-,41+/m0/s1. The third-order valence-corrected chi connectivity index (χ3v) is 9.34. The summed E-state index contributed by atoms with van der Waals surface area (Å²) in [7, 11) is 0. The summed E-state index contributed by atoms with van der Waals surface area (Å²) in [6.45, 7) is 0.882. The van der Waals surface area contributed by atoms with E-state index in [9.17, 15) is 4.79 Å². The molecule has 1 aliphatic heterocycles. The van der Waals surface area contributed by atoms with Crippen molar-refractivity contribution in [2.75, 3.05) is 11.5 Å². The van der Waals surface area contributed by atoms with Crippen LogP contribution in [0.4, 0.5) is 5.69 Å². The zero-order valence-corrected chi connectivity index (χ0v) is 27.2. The van der Waals surface area contributed by atoms with E-state index >= 15 is 4.79 Å². The topological polar surface area (TPSA) is 49.9 Å². The average Bonchev–Trinajstić information content (AvgIpc) is 3.17. The van der Waals surface area contributed by atoms with Crippen LogP contribution < -0.4 is 4.90 Å². The highest BCUT2D eigenvalue weighted by Crippen LogP contribution is 2.49. The monoisotopic (exact) mass is 642 g/mol. The molecule has 49 heavy (non-hydrogen) atoms. The molecule has 7 rings (SSSR count). The highest BCUT2D eigenvalue weighted by Gasteiger charge is 2.61. The molecule has 242 valence electrons. The molecule has 0 bridgehead atoms. The van der Waals surface area contributed by atoms with Gasteiger partial charge in [-0.05, 0) is 39.9 Å². The van der Waals surface area contributed by atoms with Crippen molar-refractivity contribution < 1.29 is 14.3 Å². The summed E-state index contributed by atoms with van der Waals surface area (Å²) in [6, 6.07) is 59.3. The van der Waals surface area contributed by atoms with Crippen LogP contribution in [0.1, 0.15) is 27.8 Å². The summed E-state index contributed by atoms with van der Waals surface area (Å²) >= 11 is 0. The second-order valence-electron chi connectivity index (χ2n) is 12.3. The quantitative estimate of drug-likeness (QED) is 0.0768. The van der Waals surface area contributed by atoms with Crippen molar-refractivity contribution in [2.45, 2.75) is 24.7 Å². The van der Waals surface area contributed by atoms with E-state index in [0.29, 0.717) is 13.2 Å². The van der Waals surface area contributed by atoms with E-state index < -0.39 is 17.5 Å². The van der Waals surface area contributed by atoms with E-state index in [-0.39, 0.29) is 18.4 Å². The van der Waals surface area contributed by atoms with Gasteiger partial charge in [-0.3, -0.25) is 9.59 Å². The number of ether oxygens (including phenoxy) is 1. The summed E-state index contributed by atoms with van der Waals surface area (Å²) in [4.78, 5) is 33.6. The van der Waals surface area contributed by atoms with Crippen LogP contribution in [0.3, 0.4) is 0 Å². The van der Waals surface area contributed by atoms with E-state index in [1.54, 1.807) is 4.90 Å². The zero-order valence-electron chi connectivity index (χ0n) is 27.2. The van der Waals surface area contributed by atoms with Crippen molar-refractivity contribution >= 4 is 17.5 Å². The zero-order chi connectivity index (χ0) is 33.5. The Kier molecular flexibility index (Phi) is 9.44. The largest absolute Gasteiger partial charge is 0.375 e. The molecule has 1 aliphatic rings. The minimum atomic E-state index is -1.02. The number of anilines is 1. The van der Waals surface area contributed by atoms with Gasteiger partial charge in [-0.2, -0.15) is 0 Å². The van der Waals surface area contributed by atoms with E-state index in [1.807, 2.05) is 150 Å². The SMILES string of the molecule is O=C([C@@H]1C(=O)N(C(c2ccccc2)(c2ccccc2)c2ccccc2)[C@H]1COCc1ccccc1)N(Cc1ccccc1)c1ccccc1.